The molecule has 5 heteroatoms. The summed E-state index contributed by atoms with van der Waals surface area (Å²) in [7, 11) is 0. The van der Waals surface area contributed by atoms with Crippen LogP contribution in [0.15, 0.2) is 24.3 Å². The van der Waals surface area contributed by atoms with Gasteiger partial charge in [0, 0.05) is 29.6 Å². The zero-order valence-corrected chi connectivity index (χ0v) is 15.0. The van der Waals surface area contributed by atoms with Crippen LogP contribution >= 0.6 is 12.4 Å². The molecule has 2 bridgehead atoms. The Morgan fingerprint density at radius 2 is 1.88 bits per heavy atom. The number of halogens is 1. The molecule has 0 aromatic heterocycles. The lowest BCUT2D eigenvalue weighted by Crippen LogP contribution is -2.48. The Bertz CT molecular complexity index is 591. The van der Waals surface area contributed by atoms with Crippen molar-refractivity contribution in [2.75, 3.05) is 5.32 Å². The standard InChI is InChI=1S/C19H26N2O2.ClH/c1-2-17(22)12-5-4-8-16(11-12)21-19(23)15-9-13-6-3-7-14(10-15)18(13)20;/h4-5,8,11,13-15,18H,2-3,6-7,9-10,20H2,1H3,(H,21,23);1H. The highest BCUT2D eigenvalue weighted by molar-refractivity contribution is 5.98. The van der Waals surface area contributed by atoms with Crippen molar-refractivity contribution in [1.82, 2.24) is 0 Å². The summed E-state index contributed by atoms with van der Waals surface area (Å²) in [5.74, 6) is 1.21. The van der Waals surface area contributed by atoms with Crippen LogP contribution in [0.5, 0.6) is 0 Å². The Labute approximate surface area is 150 Å². The van der Waals surface area contributed by atoms with Crippen LogP contribution in [0, 0.1) is 17.8 Å². The van der Waals surface area contributed by atoms with E-state index in [2.05, 4.69) is 5.32 Å². The van der Waals surface area contributed by atoms with E-state index in [0.717, 1.165) is 25.7 Å². The lowest BCUT2D eigenvalue weighted by molar-refractivity contribution is -0.122. The van der Waals surface area contributed by atoms with Gasteiger partial charge in [0.1, 0.15) is 0 Å². The van der Waals surface area contributed by atoms with Crippen molar-refractivity contribution in [3.63, 3.8) is 0 Å². The lowest BCUT2D eigenvalue weighted by Gasteiger charge is -2.43. The molecule has 2 fully saturated rings. The smallest absolute Gasteiger partial charge is 0.227 e. The number of hydrogen-bond acceptors (Lipinski definition) is 3. The molecule has 0 spiro atoms. The minimum atomic E-state index is 0. The summed E-state index contributed by atoms with van der Waals surface area (Å²) in [6.07, 6.45) is 5.83. The van der Waals surface area contributed by atoms with Crippen LogP contribution in [0.3, 0.4) is 0 Å². The highest BCUT2D eigenvalue weighted by atomic mass is 35.5. The zero-order valence-electron chi connectivity index (χ0n) is 14.2. The number of benzene rings is 1. The van der Waals surface area contributed by atoms with Gasteiger partial charge in [-0.15, -0.1) is 12.4 Å². The molecule has 2 atom stereocenters. The third-order valence-corrected chi connectivity index (χ3v) is 5.56. The Hall–Kier alpha value is -1.39. The van der Waals surface area contributed by atoms with E-state index in [1.54, 1.807) is 12.1 Å². The van der Waals surface area contributed by atoms with Crippen molar-refractivity contribution in [2.24, 2.45) is 23.5 Å². The summed E-state index contributed by atoms with van der Waals surface area (Å²) in [4.78, 5) is 24.4. The minimum absolute atomic E-state index is 0. The van der Waals surface area contributed by atoms with Crippen molar-refractivity contribution in [2.45, 2.75) is 51.5 Å². The van der Waals surface area contributed by atoms with E-state index in [1.165, 1.54) is 6.42 Å². The normalized spacial score (nSPS) is 28.6. The number of amides is 1. The fourth-order valence-electron chi connectivity index (χ4n) is 4.22. The molecule has 4 nitrogen and oxygen atoms in total. The van der Waals surface area contributed by atoms with E-state index in [4.69, 9.17) is 5.73 Å². The van der Waals surface area contributed by atoms with Crippen molar-refractivity contribution < 1.29 is 9.59 Å². The number of Topliss-reactive ketones (excluding diaryl/α,β-unsaturated/α-hetero) is 1. The van der Waals surface area contributed by atoms with Crippen LogP contribution in [0.1, 0.15) is 55.8 Å². The van der Waals surface area contributed by atoms with Crippen molar-refractivity contribution in [3.8, 4) is 0 Å². The van der Waals surface area contributed by atoms with Gasteiger partial charge in [-0.05, 0) is 49.7 Å². The minimum Gasteiger partial charge on any atom is -0.327 e. The molecule has 132 valence electrons. The van der Waals surface area contributed by atoms with Gasteiger partial charge in [0.2, 0.25) is 5.91 Å². The Morgan fingerprint density at radius 1 is 1.21 bits per heavy atom. The highest BCUT2D eigenvalue weighted by Crippen LogP contribution is 2.42. The molecule has 0 heterocycles. The third-order valence-electron chi connectivity index (χ3n) is 5.56. The maximum absolute atomic E-state index is 12.6. The zero-order chi connectivity index (χ0) is 16.4. The lowest BCUT2D eigenvalue weighted by atomic mass is 9.65. The second-order valence-electron chi connectivity index (χ2n) is 7.04. The fraction of sp³-hybridized carbons (Fsp3) is 0.579. The molecule has 1 amide bonds. The predicted molar refractivity (Wildman–Crippen MR) is 98.5 cm³/mol. The molecule has 0 saturated heterocycles. The fourth-order valence-corrected chi connectivity index (χ4v) is 4.22. The Morgan fingerprint density at radius 3 is 2.50 bits per heavy atom. The maximum atomic E-state index is 12.6. The number of carbonyl (C=O) groups excluding carboxylic acids is 2. The van der Waals surface area contributed by atoms with E-state index in [-0.39, 0.29) is 36.1 Å². The highest BCUT2D eigenvalue weighted by Gasteiger charge is 2.40. The molecule has 3 rings (SSSR count). The number of nitrogens with one attached hydrogen (secondary N) is 1. The van der Waals surface area contributed by atoms with Crippen LogP contribution in [0.4, 0.5) is 5.69 Å². The average molecular weight is 351 g/mol. The molecule has 2 aliphatic carbocycles. The van der Waals surface area contributed by atoms with Gasteiger partial charge in [-0.1, -0.05) is 25.5 Å². The van der Waals surface area contributed by atoms with Gasteiger partial charge in [0.15, 0.2) is 5.78 Å². The number of nitrogens with two attached hydrogens (primary N) is 1. The van der Waals surface area contributed by atoms with Gasteiger partial charge in [0.25, 0.3) is 0 Å². The average Bonchev–Trinajstić information content (AvgIpc) is 2.54. The van der Waals surface area contributed by atoms with Gasteiger partial charge in [-0.25, -0.2) is 0 Å². The summed E-state index contributed by atoms with van der Waals surface area (Å²) >= 11 is 0. The number of anilines is 1. The first-order chi connectivity index (χ1) is 11.1. The van der Waals surface area contributed by atoms with Crippen LogP contribution in [0.25, 0.3) is 0 Å². The predicted octanol–water partition coefficient (Wildman–Crippen LogP) is 3.79. The Kier molecular flexibility index (Phi) is 6.41. The Balaban J connectivity index is 0.00000208. The summed E-state index contributed by atoms with van der Waals surface area (Å²) in [6, 6.07) is 7.52. The largest absolute Gasteiger partial charge is 0.327 e. The third kappa shape index (κ3) is 3.98. The van der Waals surface area contributed by atoms with E-state index in [9.17, 15) is 9.59 Å². The molecule has 2 saturated carbocycles. The van der Waals surface area contributed by atoms with Gasteiger partial charge >= 0.3 is 0 Å². The molecule has 2 aliphatic rings. The molecule has 3 N–H and O–H groups in total. The van der Waals surface area contributed by atoms with E-state index in [1.807, 2.05) is 19.1 Å². The van der Waals surface area contributed by atoms with E-state index >= 15 is 0 Å². The SMILES string of the molecule is CCC(=O)c1cccc(NC(=O)C2CC3CCCC(C2)C3N)c1.Cl. The number of fused-ring (bicyclic) bond motifs is 2. The molecule has 24 heavy (non-hydrogen) atoms. The molecule has 0 aliphatic heterocycles. The van der Waals surface area contributed by atoms with Crippen molar-refractivity contribution in [3.05, 3.63) is 29.8 Å². The molecular formula is C19H27ClN2O2. The molecular weight excluding hydrogens is 324 g/mol. The summed E-state index contributed by atoms with van der Waals surface area (Å²) < 4.78 is 0. The maximum Gasteiger partial charge on any atom is 0.227 e. The first-order valence-electron chi connectivity index (χ1n) is 8.78. The number of carbonyl (C=O) groups is 2. The second-order valence-corrected chi connectivity index (χ2v) is 7.04. The van der Waals surface area contributed by atoms with Crippen LogP contribution in [0.2, 0.25) is 0 Å². The molecule has 1 aromatic carbocycles. The van der Waals surface area contributed by atoms with Crippen LogP contribution < -0.4 is 11.1 Å². The first-order valence-corrected chi connectivity index (χ1v) is 8.78. The van der Waals surface area contributed by atoms with E-state index in [0.29, 0.717) is 29.5 Å². The van der Waals surface area contributed by atoms with Crippen LogP contribution in [-0.4, -0.2) is 17.7 Å². The van der Waals surface area contributed by atoms with Gasteiger partial charge in [-0.3, -0.25) is 9.59 Å². The topological polar surface area (TPSA) is 72.2 Å². The van der Waals surface area contributed by atoms with Crippen molar-refractivity contribution in [1.29, 1.82) is 0 Å². The van der Waals surface area contributed by atoms with Gasteiger partial charge < -0.3 is 11.1 Å². The summed E-state index contributed by atoms with van der Waals surface area (Å²) in [5.41, 5.74) is 7.68. The first kappa shape index (κ1) is 18.9. The summed E-state index contributed by atoms with van der Waals surface area (Å²) in [5, 5.41) is 3.00. The molecule has 0 radical (unpaired) electrons. The van der Waals surface area contributed by atoms with Gasteiger partial charge in [-0.2, -0.15) is 0 Å². The monoisotopic (exact) mass is 350 g/mol. The van der Waals surface area contributed by atoms with Crippen molar-refractivity contribution >= 4 is 29.8 Å². The second kappa shape index (κ2) is 8.13. The number of ketones is 1. The summed E-state index contributed by atoms with van der Waals surface area (Å²) in [6.45, 7) is 1.84. The number of rotatable bonds is 4. The number of hydrogen-bond donors (Lipinski definition) is 2. The van der Waals surface area contributed by atoms with E-state index < -0.39 is 0 Å². The van der Waals surface area contributed by atoms with Crippen LogP contribution in [-0.2, 0) is 4.79 Å². The molecule has 1 aromatic rings. The molecule has 2 unspecified atom stereocenters. The van der Waals surface area contributed by atoms with Gasteiger partial charge in [0.05, 0.1) is 0 Å². The quantitative estimate of drug-likeness (QED) is 0.811.